The lowest BCUT2D eigenvalue weighted by atomic mass is 9.95. The molecule has 0 N–H and O–H groups in total. The zero-order valence-electron chi connectivity index (χ0n) is 25.1. The molecule has 1 aromatic heterocycles. The molecule has 0 amide bonds. The molecule has 0 saturated heterocycles. The monoisotopic (exact) mass is 632 g/mol. The number of halogens is 1. The van der Waals surface area contributed by atoms with E-state index in [0.29, 0.717) is 55.0 Å². The first kappa shape index (κ1) is 31.1. The van der Waals surface area contributed by atoms with Gasteiger partial charge in [-0.15, -0.1) is 0 Å². The first-order valence-electron chi connectivity index (χ1n) is 14.2. The van der Waals surface area contributed by atoms with Crippen molar-refractivity contribution in [1.82, 2.24) is 4.57 Å². The van der Waals surface area contributed by atoms with Crippen LogP contribution in [0.25, 0.3) is 6.08 Å². The van der Waals surface area contributed by atoms with Gasteiger partial charge < -0.3 is 18.9 Å². The van der Waals surface area contributed by atoms with Crippen LogP contribution in [0, 0.1) is 0 Å². The van der Waals surface area contributed by atoms with E-state index < -0.39 is 12.0 Å². The van der Waals surface area contributed by atoms with E-state index in [1.807, 2.05) is 68.4 Å². The summed E-state index contributed by atoms with van der Waals surface area (Å²) in [4.78, 5) is 32.4. The zero-order chi connectivity index (χ0) is 31.4. The molecule has 5 rings (SSSR count). The summed E-state index contributed by atoms with van der Waals surface area (Å²) in [5, 5.41) is 0.646. The van der Waals surface area contributed by atoms with Crippen molar-refractivity contribution in [3.8, 4) is 17.2 Å². The lowest BCUT2D eigenvalue weighted by Crippen LogP contribution is -2.40. The second-order valence-corrected chi connectivity index (χ2v) is 11.8. The first-order valence-corrected chi connectivity index (χ1v) is 15.4. The number of thiazole rings is 1. The third-order valence-corrected chi connectivity index (χ3v) is 8.05. The minimum absolute atomic E-state index is 0.0645. The average Bonchev–Trinajstić information content (AvgIpc) is 3.29. The summed E-state index contributed by atoms with van der Waals surface area (Å²) in [6.07, 6.45) is 1.74. The molecule has 2 heterocycles. The maximum absolute atomic E-state index is 14.0. The van der Waals surface area contributed by atoms with Crippen molar-refractivity contribution in [3.05, 3.63) is 119 Å². The van der Waals surface area contributed by atoms with E-state index in [4.69, 9.17) is 30.5 Å². The summed E-state index contributed by atoms with van der Waals surface area (Å²) in [6.45, 7) is 7.89. The van der Waals surface area contributed by atoms with Crippen LogP contribution in [-0.2, 0) is 16.1 Å². The fraction of sp³-hybridized carbons (Fsp3) is 0.265. The molecule has 0 radical (unpaired) electrons. The first-order chi connectivity index (χ1) is 21.2. The van der Waals surface area contributed by atoms with Crippen LogP contribution in [0.2, 0.25) is 5.02 Å². The van der Waals surface area contributed by atoms with Crippen molar-refractivity contribution in [2.24, 2.45) is 4.99 Å². The lowest BCUT2D eigenvalue weighted by Gasteiger charge is -2.25. The second-order valence-electron chi connectivity index (χ2n) is 10.4. The fourth-order valence-corrected chi connectivity index (χ4v) is 6.21. The SMILES string of the molecule is CCOC(=O)C1=C(C)N=c2s/c(=C/c3cccc(OCc4cccc(Cl)c4)c3)c(=O)n2[C@@H]1c1ccc(OC(C)C)c(OC)c1. The number of hydrogen-bond donors (Lipinski definition) is 0. The molecule has 1 atom stereocenters. The van der Waals surface area contributed by atoms with Gasteiger partial charge in [-0.1, -0.05) is 53.3 Å². The van der Waals surface area contributed by atoms with Gasteiger partial charge >= 0.3 is 5.97 Å². The number of methoxy groups -OCH3 is 1. The van der Waals surface area contributed by atoms with Crippen molar-refractivity contribution in [2.45, 2.75) is 46.4 Å². The zero-order valence-corrected chi connectivity index (χ0v) is 26.7. The molecule has 228 valence electrons. The fourth-order valence-electron chi connectivity index (χ4n) is 4.95. The Morgan fingerprint density at radius 1 is 1.09 bits per heavy atom. The van der Waals surface area contributed by atoms with E-state index in [9.17, 15) is 9.59 Å². The Bertz CT molecular complexity index is 1910. The van der Waals surface area contributed by atoms with Gasteiger partial charge in [0.05, 0.1) is 41.7 Å². The summed E-state index contributed by atoms with van der Waals surface area (Å²) in [5.74, 6) is 1.18. The van der Waals surface area contributed by atoms with Crippen LogP contribution >= 0.6 is 22.9 Å². The van der Waals surface area contributed by atoms with Gasteiger partial charge in [-0.2, -0.15) is 0 Å². The largest absolute Gasteiger partial charge is 0.493 e. The van der Waals surface area contributed by atoms with Crippen molar-refractivity contribution in [3.63, 3.8) is 0 Å². The van der Waals surface area contributed by atoms with Crippen LogP contribution in [0.15, 0.2) is 87.8 Å². The van der Waals surface area contributed by atoms with Gasteiger partial charge in [0.1, 0.15) is 12.4 Å². The Kier molecular flexibility index (Phi) is 9.56. The van der Waals surface area contributed by atoms with E-state index in [0.717, 1.165) is 11.1 Å². The smallest absolute Gasteiger partial charge is 0.338 e. The summed E-state index contributed by atoms with van der Waals surface area (Å²) in [7, 11) is 1.55. The number of hydrogen-bond acceptors (Lipinski definition) is 8. The highest BCUT2D eigenvalue weighted by Crippen LogP contribution is 2.36. The van der Waals surface area contributed by atoms with Crippen molar-refractivity contribution >= 4 is 35.0 Å². The molecule has 10 heteroatoms. The van der Waals surface area contributed by atoms with Gasteiger partial charge in [0.2, 0.25) is 0 Å². The quantitative estimate of drug-likeness (QED) is 0.205. The molecular formula is C34H33ClN2O6S. The number of carbonyl (C=O) groups excluding carboxylic acids is 1. The normalized spacial score (nSPS) is 14.7. The van der Waals surface area contributed by atoms with Gasteiger partial charge in [0, 0.05) is 5.02 Å². The van der Waals surface area contributed by atoms with Gasteiger partial charge in [0.15, 0.2) is 16.3 Å². The number of aromatic nitrogens is 1. The third-order valence-electron chi connectivity index (χ3n) is 6.83. The van der Waals surface area contributed by atoms with Crippen molar-refractivity contribution in [1.29, 1.82) is 0 Å². The van der Waals surface area contributed by atoms with E-state index in [-0.39, 0.29) is 18.3 Å². The highest BCUT2D eigenvalue weighted by Gasteiger charge is 2.34. The van der Waals surface area contributed by atoms with Crippen molar-refractivity contribution in [2.75, 3.05) is 13.7 Å². The Hall–Kier alpha value is -4.34. The predicted octanol–water partition coefficient (Wildman–Crippen LogP) is 5.83. The number of carbonyl (C=O) groups is 1. The second kappa shape index (κ2) is 13.5. The van der Waals surface area contributed by atoms with Crippen LogP contribution in [0.5, 0.6) is 17.2 Å². The van der Waals surface area contributed by atoms with Crippen LogP contribution in [0.4, 0.5) is 0 Å². The Morgan fingerprint density at radius 2 is 1.89 bits per heavy atom. The predicted molar refractivity (Wildman–Crippen MR) is 171 cm³/mol. The van der Waals surface area contributed by atoms with Gasteiger partial charge in [-0.25, -0.2) is 9.79 Å². The number of rotatable bonds is 10. The van der Waals surface area contributed by atoms with Gasteiger partial charge in [-0.3, -0.25) is 9.36 Å². The minimum atomic E-state index is -0.776. The summed E-state index contributed by atoms with van der Waals surface area (Å²) < 4.78 is 24.9. The van der Waals surface area contributed by atoms with Crippen LogP contribution in [0.1, 0.15) is 50.4 Å². The number of nitrogens with zero attached hydrogens (tertiary/aromatic N) is 2. The Morgan fingerprint density at radius 3 is 2.61 bits per heavy atom. The van der Waals surface area contributed by atoms with E-state index in [2.05, 4.69) is 4.99 Å². The maximum atomic E-state index is 14.0. The van der Waals surface area contributed by atoms with E-state index in [1.54, 1.807) is 43.7 Å². The molecule has 1 aliphatic heterocycles. The maximum Gasteiger partial charge on any atom is 0.338 e. The van der Waals surface area contributed by atoms with Gasteiger partial charge in [-0.05, 0) is 86.9 Å². The number of ether oxygens (including phenoxy) is 4. The van der Waals surface area contributed by atoms with E-state index >= 15 is 0 Å². The van der Waals surface area contributed by atoms with E-state index in [1.165, 1.54) is 11.3 Å². The molecule has 0 bridgehead atoms. The lowest BCUT2D eigenvalue weighted by molar-refractivity contribution is -0.139. The van der Waals surface area contributed by atoms with Crippen LogP contribution < -0.4 is 29.1 Å². The molecule has 0 fully saturated rings. The number of fused-ring (bicyclic) bond motifs is 1. The van der Waals surface area contributed by atoms with Gasteiger partial charge in [0.25, 0.3) is 5.56 Å². The minimum Gasteiger partial charge on any atom is -0.493 e. The summed E-state index contributed by atoms with van der Waals surface area (Å²) in [6, 6.07) is 19.6. The molecule has 0 saturated carbocycles. The molecule has 0 aliphatic carbocycles. The van der Waals surface area contributed by atoms with Crippen molar-refractivity contribution < 1.29 is 23.7 Å². The topological polar surface area (TPSA) is 88.4 Å². The molecule has 44 heavy (non-hydrogen) atoms. The average molecular weight is 633 g/mol. The molecule has 4 aromatic rings. The van der Waals surface area contributed by atoms with Crippen LogP contribution in [-0.4, -0.2) is 30.4 Å². The third kappa shape index (κ3) is 6.74. The molecule has 8 nitrogen and oxygen atoms in total. The number of esters is 1. The standard InChI is InChI=1S/C34H33ClN2O6S/c1-6-41-33(39)30-21(4)36-34-37(31(30)24-13-14-27(43-20(2)3)28(18-24)40-5)32(38)29(44-34)17-22-9-8-12-26(16-22)42-19-23-10-7-11-25(35)15-23/h7-18,20,31H,6,19H2,1-5H3/b29-17+/t31-/m1/s1. The summed E-state index contributed by atoms with van der Waals surface area (Å²) in [5.41, 5.74) is 2.90. The Balaban J connectivity index is 1.57. The number of benzene rings is 3. The highest BCUT2D eigenvalue weighted by molar-refractivity contribution is 7.07. The number of allylic oxidation sites excluding steroid dienone is 1. The molecule has 0 spiro atoms. The Labute approximate surface area is 264 Å². The molecular weight excluding hydrogens is 600 g/mol. The molecule has 1 aliphatic rings. The van der Waals surface area contributed by atoms with Crippen LogP contribution in [0.3, 0.4) is 0 Å². The molecule has 0 unspecified atom stereocenters. The molecule has 3 aromatic carbocycles. The summed E-state index contributed by atoms with van der Waals surface area (Å²) >= 11 is 7.36. The highest BCUT2D eigenvalue weighted by atomic mass is 35.5.